The Labute approximate surface area is 154 Å². The molecule has 3 atom stereocenters. The van der Waals surface area contributed by atoms with Gasteiger partial charge in [0.2, 0.25) is 0 Å². The van der Waals surface area contributed by atoms with E-state index in [1.54, 1.807) is 6.92 Å². The Kier molecular flexibility index (Phi) is 4.04. The Morgan fingerprint density at radius 3 is 2.31 bits per heavy atom. The molecule has 0 aromatic heterocycles. The van der Waals surface area contributed by atoms with E-state index in [9.17, 15) is 4.79 Å². The van der Waals surface area contributed by atoms with Gasteiger partial charge in [-0.25, -0.2) is 0 Å². The van der Waals surface area contributed by atoms with Crippen molar-refractivity contribution >= 4 is 11.5 Å². The van der Waals surface area contributed by atoms with Gasteiger partial charge in [0.25, 0.3) is 0 Å². The minimum absolute atomic E-state index is 0.0257. The van der Waals surface area contributed by atoms with E-state index in [1.165, 1.54) is 5.56 Å². The van der Waals surface area contributed by atoms with Crippen LogP contribution in [-0.4, -0.2) is 23.0 Å². The number of para-hydroxylation sites is 1. The number of Topliss-reactive ketones (excluding diaryl/α,β-unsaturated/α-hetero) is 1. The molecule has 26 heavy (non-hydrogen) atoms. The molecule has 0 spiro atoms. The number of ether oxygens (including phenoxy) is 1. The van der Waals surface area contributed by atoms with E-state index < -0.39 is 11.2 Å². The van der Waals surface area contributed by atoms with E-state index in [0.29, 0.717) is 0 Å². The molecule has 0 fully saturated rings. The third kappa shape index (κ3) is 2.89. The van der Waals surface area contributed by atoms with Crippen LogP contribution in [-0.2, 0) is 16.0 Å². The molecule has 0 saturated carbocycles. The van der Waals surface area contributed by atoms with Gasteiger partial charge in [-0.15, -0.1) is 0 Å². The summed E-state index contributed by atoms with van der Waals surface area (Å²) < 4.78 is 6.44. The average molecular weight is 345 g/mol. The predicted molar refractivity (Wildman–Crippen MR) is 104 cm³/mol. The molecule has 2 aliphatic rings. The second kappa shape index (κ2) is 6.26. The summed E-state index contributed by atoms with van der Waals surface area (Å²) in [6.45, 7) is 3.58. The zero-order valence-electron chi connectivity index (χ0n) is 15.1. The number of carbonyl (C=O) groups is 1. The maximum atomic E-state index is 12.1. The van der Waals surface area contributed by atoms with Crippen molar-refractivity contribution in [2.24, 2.45) is 0 Å². The lowest BCUT2D eigenvalue weighted by atomic mass is 9.82. The molecule has 2 aromatic rings. The largest absolute Gasteiger partial charge is 0.378 e. The molecule has 2 aromatic carbocycles. The number of anilines is 1. The van der Waals surface area contributed by atoms with Crippen LogP contribution < -0.4 is 5.32 Å². The third-order valence-corrected chi connectivity index (χ3v) is 5.28. The summed E-state index contributed by atoms with van der Waals surface area (Å²) in [5.74, 6) is 0.0666. The summed E-state index contributed by atoms with van der Waals surface area (Å²) >= 11 is 0. The van der Waals surface area contributed by atoms with Gasteiger partial charge in [-0.2, -0.15) is 0 Å². The molecule has 1 N–H and O–H groups in total. The van der Waals surface area contributed by atoms with Gasteiger partial charge in [0.05, 0.1) is 6.04 Å². The summed E-state index contributed by atoms with van der Waals surface area (Å²) in [5.41, 5.74) is 1.76. The normalized spacial score (nSPS) is 27.2. The number of hydrogen-bond acceptors (Lipinski definition) is 3. The lowest BCUT2D eigenvalue weighted by molar-refractivity contribution is -0.115. The highest BCUT2D eigenvalue weighted by molar-refractivity contribution is 5.97. The molecule has 0 radical (unpaired) electrons. The number of nitrogens with one attached hydrogen (secondary N) is 1. The molecule has 3 nitrogen and oxygen atoms in total. The van der Waals surface area contributed by atoms with Crippen molar-refractivity contribution in [3.8, 4) is 0 Å². The van der Waals surface area contributed by atoms with E-state index in [1.807, 2.05) is 55.5 Å². The van der Waals surface area contributed by atoms with Gasteiger partial charge in [0.1, 0.15) is 11.2 Å². The van der Waals surface area contributed by atoms with Crippen LogP contribution in [0.4, 0.5) is 5.69 Å². The van der Waals surface area contributed by atoms with Crippen molar-refractivity contribution < 1.29 is 9.53 Å². The average Bonchev–Trinajstić information content (AvgIpc) is 3.15. The highest BCUT2D eigenvalue weighted by atomic mass is 16.5. The van der Waals surface area contributed by atoms with Crippen LogP contribution in [0.15, 0.2) is 84.5 Å². The van der Waals surface area contributed by atoms with Gasteiger partial charge in [-0.3, -0.25) is 4.79 Å². The Balaban J connectivity index is 1.71. The Hall–Kier alpha value is -2.65. The lowest BCUT2D eigenvalue weighted by Crippen LogP contribution is -2.45. The summed E-state index contributed by atoms with van der Waals surface area (Å²) in [6, 6.07) is 20.5. The minimum atomic E-state index is -0.626. The van der Waals surface area contributed by atoms with E-state index in [4.69, 9.17) is 4.74 Å². The fraction of sp³-hybridized carbons (Fsp3) is 0.261. The first-order valence-corrected chi connectivity index (χ1v) is 9.01. The fourth-order valence-corrected chi connectivity index (χ4v) is 3.96. The maximum Gasteiger partial charge on any atom is 0.158 e. The zero-order valence-corrected chi connectivity index (χ0v) is 15.1. The smallest absolute Gasteiger partial charge is 0.158 e. The number of fused-ring (bicyclic) bond motifs is 2. The molecule has 4 rings (SSSR count). The molecular weight excluding hydrogens is 322 g/mol. The van der Waals surface area contributed by atoms with E-state index >= 15 is 0 Å². The van der Waals surface area contributed by atoms with Crippen LogP contribution >= 0.6 is 0 Å². The van der Waals surface area contributed by atoms with Crippen LogP contribution in [0.25, 0.3) is 0 Å². The number of ketones is 1. The first-order chi connectivity index (χ1) is 12.5. The van der Waals surface area contributed by atoms with Gasteiger partial charge in [0, 0.05) is 11.3 Å². The van der Waals surface area contributed by atoms with Gasteiger partial charge in [0.15, 0.2) is 5.78 Å². The Bertz CT molecular complexity index is 830. The quantitative estimate of drug-likeness (QED) is 0.792. The van der Waals surface area contributed by atoms with Crippen molar-refractivity contribution in [3.05, 3.63) is 90.0 Å². The van der Waals surface area contributed by atoms with Crippen LogP contribution in [0.1, 0.15) is 19.4 Å². The van der Waals surface area contributed by atoms with Gasteiger partial charge in [-0.1, -0.05) is 48.5 Å². The molecule has 2 heterocycles. The molecule has 0 aliphatic carbocycles. The summed E-state index contributed by atoms with van der Waals surface area (Å²) in [7, 11) is 0. The third-order valence-electron chi connectivity index (χ3n) is 5.28. The van der Waals surface area contributed by atoms with Crippen LogP contribution in [0.2, 0.25) is 0 Å². The molecule has 0 amide bonds. The SMILES string of the molecule is CC(=O)C1=CC2(C(Cc3ccccc3)Nc3ccccc3)C=CC1(C)O2. The van der Waals surface area contributed by atoms with E-state index in [2.05, 4.69) is 35.7 Å². The molecule has 2 aliphatic heterocycles. The molecule has 132 valence electrons. The molecule has 0 saturated heterocycles. The first kappa shape index (κ1) is 16.8. The number of rotatable bonds is 6. The van der Waals surface area contributed by atoms with Crippen molar-refractivity contribution in [1.82, 2.24) is 0 Å². The van der Waals surface area contributed by atoms with Crippen LogP contribution in [0.3, 0.4) is 0 Å². The van der Waals surface area contributed by atoms with Crippen molar-refractivity contribution in [2.45, 2.75) is 37.5 Å². The molecule has 2 bridgehead atoms. The molecule has 3 unspecified atom stereocenters. The van der Waals surface area contributed by atoms with Crippen LogP contribution in [0.5, 0.6) is 0 Å². The maximum absolute atomic E-state index is 12.1. The summed E-state index contributed by atoms with van der Waals surface area (Å²) in [4.78, 5) is 12.1. The summed E-state index contributed by atoms with van der Waals surface area (Å²) in [5, 5.41) is 3.63. The van der Waals surface area contributed by atoms with E-state index in [-0.39, 0.29) is 11.8 Å². The highest BCUT2D eigenvalue weighted by Gasteiger charge is 2.54. The number of hydrogen-bond donors (Lipinski definition) is 1. The number of benzene rings is 2. The highest BCUT2D eigenvalue weighted by Crippen LogP contribution is 2.47. The van der Waals surface area contributed by atoms with Gasteiger partial charge >= 0.3 is 0 Å². The fourth-order valence-electron chi connectivity index (χ4n) is 3.96. The van der Waals surface area contributed by atoms with Gasteiger partial charge < -0.3 is 10.1 Å². The summed E-state index contributed by atoms with van der Waals surface area (Å²) in [6.07, 6.45) is 6.92. The standard InChI is InChI=1S/C23H23NO2/c1-17(25)20-16-23(14-13-22(20,2)26-23)21(15-18-9-5-3-6-10-18)24-19-11-7-4-8-12-19/h3-14,16,21,24H,15H2,1-2H3. The van der Waals surface area contributed by atoms with Crippen LogP contribution in [0, 0.1) is 0 Å². The molecule has 3 heteroatoms. The topological polar surface area (TPSA) is 38.3 Å². The zero-order chi connectivity index (χ0) is 18.2. The lowest BCUT2D eigenvalue weighted by Gasteiger charge is -2.34. The van der Waals surface area contributed by atoms with Crippen molar-refractivity contribution in [1.29, 1.82) is 0 Å². The first-order valence-electron chi connectivity index (χ1n) is 9.01. The molecular formula is C23H23NO2. The van der Waals surface area contributed by atoms with Crippen molar-refractivity contribution in [3.63, 3.8) is 0 Å². The Morgan fingerprint density at radius 2 is 1.69 bits per heavy atom. The second-order valence-corrected chi connectivity index (χ2v) is 7.26. The van der Waals surface area contributed by atoms with Gasteiger partial charge in [-0.05, 0) is 56.2 Å². The monoisotopic (exact) mass is 345 g/mol. The Morgan fingerprint density at radius 1 is 1.04 bits per heavy atom. The predicted octanol–water partition coefficient (Wildman–Crippen LogP) is 4.32. The number of carbonyl (C=O) groups excluding carboxylic acids is 1. The minimum Gasteiger partial charge on any atom is -0.378 e. The second-order valence-electron chi connectivity index (χ2n) is 7.26. The van der Waals surface area contributed by atoms with E-state index in [0.717, 1.165) is 17.7 Å². The van der Waals surface area contributed by atoms with Crippen molar-refractivity contribution in [2.75, 3.05) is 5.32 Å².